The van der Waals surface area contributed by atoms with E-state index in [2.05, 4.69) is 17.1 Å². The third-order valence-electron chi connectivity index (χ3n) is 6.21. The summed E-state index contributed by atoms with van der Waals surface area (Å²) in [4.78, 5) is 17.5. The predicted octanol–water partition coefficient (Wildman–Crippen LogP) is 2.67. The molecule has 1 aromatic carbocycles. The zero-order chi connectivity index (χ0) is 18.1. The molecule has 2 aliphatic carbocycles. The van der Waals surface area contributed by atoms with Crippen molar-refractivity contribution in [2.45, 2.75) is 12.8 Å². The number of benzene rings is 1. The molecule has 0 aromatic heterocycles. The fraction of sp³-hybridized carbons (Fsp3) is 0.571. The van der Waals surface area contributed by atoms with Crippen molar-refractivity contribution in [3.05, 3.63) is 35.9 Å². The maximum absolute atomic E-state index is 13.1. The lowest BCUT2D eigenvalue weighted by Crippen LogP contribution is -2.50. The summed E-state index contributed by atoms with van der Waals surface area (Å²) in [5.74, 6) is 3.57. The molecule has 3 atom stereocenters. The highest BCUT2D eigenvalue weighted by atomic mass is 16.5. The van der Waals surface area contributed by atoms with Gasteiger partial charge >= 0.3 is 0 Å². The number of amides is 1. The molecule has 0 spiro atoms. The summed E-state index contributed by atoms with van der Waals surface area (Å²) in [7, 11) is 3.18. The third kappa shape index (κ3) is 3.20. The van der Waals surface area contributed by atoms with Gasteiger partial charge < -0.3 is 14.4 Å². The van der Waals surface area contributed by atoms with Crippen LogP contribution < -0.4 is 9.47 Å². The Morgan fingerprint density at radius 1 is 1.04 bits per heavy atom. The molecule has 1 heterocycles. The largest absolute Gasteiger partial charge is 0.496 e. The number of ether oxygens (including phenoxy) is 2. The van der Waals surface area contributed by atoms with Gasteiger partial charge in [0.25, 0.3) is 5.91 Å². The SMILES string of the molecule is COc1cccc(OC)c1C(=O)N1CCN(C[C@@H]2C[C@H]3C=C[C@H]2C3)CC1. The number of fused-ring (bicyclic) bond motifs is 2. The van der Waals surface area contributed by atoms with Crippen LogP contribution in [0.3, 0.4) is 0 Å². The average Bonchev–Trinajstić information content (AvgIpc) is 3.30. The second-order valence-electron chi connectivity index (χ2n) is 7.67. The standard InChI is InChI=1S/C21H28N2O3/c1-25-18-4-3-5-19(26-2)20(18)21(24)23-10-8-22(9-11-23)14-17-13-15-6-7-16(17)12-15/h3-7,15-17H,8-14H2,1-2H3/t15-,16-,17-/m0/s1. The zero-order valence-electron chi connectivity index (χ0n) is 15.7. The average molecular weight is 356 g/mol. The van der Waals surface area contributed by atoms with Gasteiger partial charge in [0.05, 0.1) is 14.2 Å². The Morgan fingerprint density at radius 3 is 2.27 bits per heavy atom. The highest BCUT2D eigenvalue weighted by Crippen LogP contribution is 2.43. The van der Waals surface area contributed by atoms with Gasteiger partial charge in [0.2, 0.25) is 0 Å². The van der Waals surface area contributed by atoms with Crippen LogP contribution in [0.5, 0.6) is 11.5 Å². The number of rotatable bonds is 5. The molecule has 0 unspecified atom stereocenters. The van der Waals surface area contributed by atoms with E-state index in [-0.39, 0.29) is 5.91 Å². The summed E-state index contributed by atoms with van der Waals surface area (Å²) in [5, 5.41) is 0. The lowest BCUT2D eigenvalue weighted by atomic mass is 9.93. The lowest BCUT2D eigenvalue weighted by molar-refractivity contribution is 0.0604. The first-order chi connectivity index (χ1) is 12.7. The highest BCUT2D eigenvalue weighted by Gasteiger charge is 2.37. The van der Waals surface area contributed by atoms with Crippen LogP contribution in [0.2, 0.25) is 0 Å². The van der Waals surface area contributed by atoms with Crippen LogP contribution in [-0.2, 0) is 0 Å². The Bertz CT molecular complexity index is 672. The second-order valence-corrected chi connectivity index (χ2v) is 7.67. The minimum Gasteiger partial charge on any atom is -0.496 e. The number of allylic oxidation sites excluding steroid dienone is 2. The van der Waals surface area contributed by atoms with Crippen LogP contribution in [0.25, 0.3) is 0 Å². The van der Waals surface area contributed by atoms with Crippen LogP contribution in [0.1, 0.15) is 23.2 Å². The molecule has 5 nitrogen and oxygen atoms in total. The summed E-state index contributed by atoms with van der Waals surface area (Å²) in [6.45, 7) is 4.58. The maximum Gasteiger partial charge on any atom is 0.261 e. The van der Waals surface area contributed by atoms with Crippen molar-refractivity contribution in [1.29, 1.82) is 0 Å². The third-order valence-corrected chi connectivity index (χ3v) is 6.21. The number of carbonyl (C=O) groups is 1. The number of carbonyl (C=O) groups excluding carboxylic acids is 1. The smallest absolute Gasteiger partial charge is 0.261 e. The summed E-state index contributed by atoms with van der Waals surface area (Å²) in [6, 6.07) is 5.47. The molecular weight excluding hydrogens is 328 g/mol. The Hall–Kier alpha value is -2.01. The molecule has 1 aromatic rings. The molecule has 5 heteroatoms. The highest BCUT2D eigenvalue weighted by molar-refractivity contribution is 5.99. The van der Waals surface area contributed by atoms with Crippen molar-refractivity contribution < 1.29 is 14.3 Å². The number of nitrogens with zero attached hydrogens (tertiary/aromatic N) is 2. The number of hydrogen-bond acceptors (Lipinski definition) is 4. The minimum absolute atomic E-state index is 0.00167. The van der Waals surface area contributed by atoms with Gasteiger partial charge in [-0.15, -0.1) is 0 Å². The summed E-state index contributed by atoms with van der Waals surface area (Å²) in [5.41, 5.74) is 0.532. The van der Waals surface area contributed by atoms with Crippen LogP contribution in [0.4, 0.5) is 0 Å². The molecule has 1 amide bonds. The molecule has 1 saturated heterocycles. The molecule has 2 bridgehead atoms. The van der Waals surface area contributed by atoms with Crippen LogP contribution in [-0.4, -0.2) is 62.7 Å². The van der Waals surface area contributed by atoms with Crippen molar-refractivity contribution in [2.24, 2.45) is 17.8 Å². The Balaban J connectivity index is 1.37. The van der Waals surface area contributed by atoms with E-state index in [0.29, 0.717) is 17.1 Å². The number of methoxy groups -OCH3 is 2. The van der Waals surface area contributed by atoms with Gasteiger partial charge in [-0.3, -0.25) is 9.69 Å². The monoisotopic (exact) mass is 356 g/mol. The second kappa shape index (κ2) is 7.31. The van der Waals surface area contributed by atoms with E-state index in [1.54, 1.807) is 14.2 Å². The molecule has 0 N–H and O–H groups in total. The van der Waals surface area contributed by atoms with Gasteiger partial charge in [-0.25, -0.2) is 0 Å². The zero-order valence-corrected chi connectivity index (χ0v) is 15.7. The topological polar surface area (TPSA) is 42.0 Å². The van der Waals surface area contributed by atoms with Crippen LogP contribution in [0.15, 0.2) is 30.4 Å². The Morgan fingerprint density at radius 2 is 1.73 bits per heavy atom. The van der Waals surface area contributed by atoms with E-state index >= 15 is 0 Å². The van der Waals surface area contributed by atoms with Gasteiger partial charge in [0.15, 0.2) is 0 Å². The molecule has 0 radical (unpaired) electrons. The number of piperazine rings is 1. The van der Waals surface area contributed by atoms with E-state index < -0.39 is 0 Å². The van der Waals surface area contributed by atoms with Crippen LogP contribution in [0, 0.1) is 17.8 Å². The molecule has 4 rings (SSSR count). The van der Waals surface area contributed by atoms with E-state index in [0.717, 1.165) is 43.9 Å². The maximum atomic E-state index is 13.1. The van der Waals surface area contributed by atoms with Crippen LogP contribution >= 0.6 is 0 Å². The van der Waals surface area contributed by atoms with Gasteiger partial charge in [-0.05, 0) is 42.7 Å². The first kappa shape index (κ1) is 17.4. The van der Waals surface area contributed by atoms with Crippen molar-refractivity contribution in [1.82, 2.24) is 9.80 Å². The summed E-state index contributed by atoms with van der Waals surface area (Å²) >= 11 is 0. The fourth-order valence-electron chi connectivity index (χ4n) is 4.79. The first-order valence-corrected chi connectivity index (χ1v) is 9.60. The lowest BCUT2D eigenvalue weighted by Gasteiger charge is -2.37. The van der Waals surface area contributed by atoms with E-state index in [1.807, 2.05) is 23.1 Å². The molecule has 140 valence electrons. The van der Waals surface area contributed by atoms with Gasteiger partial charge in [-0.1, -0.05) is 18.2 Å². The fourth-order valence-corrected chi connectivity index (χ4v) is 4.79. The molecule has 26 heavy (non-hydrogen) atoms. The van der Waals surface area contributed by atoms with Crippen molar-refractivity contribution in [3.8, 4) is 11.5 Å². The normalized spacial score (nSPS) is 27.8. The molecule has 1 saturated carbocycles. The Kier molecular flexibility index (Phi) is 4.90. The first-order valence-electron chi connectivity index (χ1n) is 9.60. The molecular formula is C21H28N2O3. The molecule has 3 aliphatic rings. The van der Waals surface area contributed by atoms with Gasteiger partial charge in [-0.2, -0.15) is 0 Å². The van der Waals surface area contributed by atoms with E-state index in [9.17, 15) is 4.79 Å². The summed E-state index contributed by atoms with van der Waals surface area (Å²) < 4.78 is 10.8. The Labute approximate surface area is 155 Å². The number of hydrogen-bond donors (Lipinski definition) is 0. The van der Waals surface area contributed by atoms with Crippen molar-refractivity contribution in [3.63, 3.8) is 0 Å². The van der Waals surface area contributed by atoms with Crippen molar-refractivity contribution in [2.75, 3.05) is 46.9 Å². The van der Waals surface area contributed by atoms with Gasteiger partial charge in [0, 0.05) is 32.7 Å². The van der Waals surface area contributed by atoms with E-state index in [4.69, 9.17) is 9.47 Å². The van der Waals surface area contributed by atoms with Gasteiger partial charge in [0.1, 0.15) is 17.1 Å². The minimum atomic E-state index is 0.00167. The quantitative estimate of drug-likeness (QED) is 0.761. The van der Waals surface area contributed by atoms with E-state index in [1.165, 1.54) is 19.4 Å². The van der Waals surface area contributed by atoms with Crippen molar-refractivity contribution >= 4 is 5.91 Å². The molecule has 1 aliphatic heterocycles. The predicted molar refractivity (Wildman–Crippen MR) is 101 cm³/mol. The molecule has 2 fully saturated rings. The summed E-state index contributed by atoms with van der Waals surface area (Å²) in [6.07, 6.45) is 7.53.